The van der Waals surface area contributed by atoms with Crippen LogP contribution in [0.25, 0.3) is 0 Å². The van der Waals surface area contributed by atoms with E-state index in [1.54, 1.807) is 0 Å². The van der Waals surface area contributed by atoms with Crippen molar-refractivity contribution < 1.29 is 72.2 Å². The Balaban J connectivity index is 2.19. The number of nitrogens with zero attached hydrogens (tertiary/aromatic N) is 1. The normalized spacial score (nSPS) is 18.8. The van der Waals surface area contributed by atoms with Crippen LogP contribution in [0.2, 0.25) is 0 Å². The van der Waals surface area contributed by atoms with E-state index in [1.807, 2.05) is 0 Å². The molecule has 0 aromatic heterocycles. The third-order valence-electron chi connectivity index (χ3n) is 7.50. The number of aliphatic hydroxyl groups is 1. The summed E-state index contributed by atoms with van der Waals surface area (Å²) in [4.78, 5) is 17.1. The first-order valence-corrected chi connectivity index (χ1v) is 13.0. The second kappa shape index (κ2) is 12.3. The molecule has 1 heterocycles. The predicted octanol–water partition coefficient (Wildman–Crippen LogP) is 6.44. The molecule has 0 radical (unpaired) electrons. The molecule has 6 nitrogen and oxygen atoms in total. The van der Waals surface area contributed by atoms with Crippen LogP contribution >= 0.6 is 0 Å². The molecule has 3 N–H and O–H groups in total. The fourth-order valence-electron chi connectivity index (χ4n) is 5.45. The molecule has 0 aliphatic carbocycles. The van der Waals surface area contributed by atoms with Crippen molar-refractivity contribution in [3.63, 3.8) is 0 Å². The molecule has 47 heavy (non-hydrogen) atoms. The molecule has 0 saturated carbocycles. The van der Waals surface area contributed by atoms with Crippen LogP contribution in [-0.2, 0) is 21.5 Å². The lowest BCUT2D eigenvalue weighted by atomic mass is 9.57. The fraction of sp³-hybridized carbons (Fsp3) is 0.310. The summed E-state index contributed by atoms with van der Waals surface area (Å²) in [6, 6.07) is 10.6. The number of ether oxygens (including phenoxy) is 1. The molecule has 3 aromatic rings. The second-order valence-electron chi connectivity index (χ2n) is 10.4. The molecule has 1 amide bonds. The van der Waals surface area contributed by atoms with Gasteiger partial charge in [-0.3, -0.25) is 4.79 Å². The highest BCUT2D eigenvalue weighted by molar-refractivity contribution is 6.39. The lowest BCUT2D eigenvalue weighted by Crippen LogP contribution is -2.68. The number of amides is 1. The van der Waals surface area contributed by atoms with Crippen LogP contribution in [-0.4, -0.2) is 53.3 Å². The second-order valence-corrected chi connectivity index (χ2v) is 10.4. The molecule has 0 spiro atoms. The first kappa shape index (κ1) is 35.4. The van der Waals surface area contributed by atoms with E-state index in [-0.39, 0.29) is 11.6 Å². The van der Waals surface area contributed by atoms with Crippen molar-refractivity contribution >= 4 is 11.6 Å². The standard InChI is InChI=1S/C29H20F12N2O4/c30-17-8-6-15(7-9-17)25(13-14-4-2-1-3-5-14,16-10-18(31)12-19(11-16)46-27(34,35)24(32)33)20-21(23(42)44)43-47-22(20)26(45,28(36,37)38)29(39,40)41/h1-12,20,22,24,45H,13H2,(H2,42,44)/t20?,22?,25-/m1/s1. The van der Waals surface area contributed by atoms with Crippen molar-refractivity contribution in [3.05, 3.63) is 101 Å². The van der Waals surface area contributed by atoms with Gasteiger partial charge in [0.25, 0.3) is 11.5 Å². The van der Waals surface area contributed by atoms with E-state index in [9.17, 15) is 58.2 Å². The molecule has 1 aliphatic rings. The number of carbonyl (C=O) groups is 1. The predicted molar refractivity (Wildman–Crippen MR) is 137 cm³/mol. The maximum absolute atomic E-state index is 15.2. The maximum atomic E-state index is 15.2. The Bertz CT molecular complexity index is 1610. The summed E-state index contributed by atoms with van der Waals surface area (Å²) in [5.74, 6) is -8.60. The summed E-state index contributed by atoms with van der Waals surface area (Å²) in [5.41, 5.74) is -6.08. The van der Waals surface area contributed by atoms with E-state index in [1.165, 1.54) is 30.3 Å². The van der Waals surface area contributed by atoms with Crippen LogP contribution in [0.4, 0.5) is 52.7 Å². The maximum Gasteiger partial charge on any atom is 0.461 e. The number of rotatable bonds is 10. The molecule has 2 unspecified atom stereocenters. The van der Waals surface area contributed by atoms with Gasteiger partial charge in [0.1, 0.15) is 17.4 Å². The molecular formula is C29H20F12N2O4. The number of alkyl halides is 10. The number of hydrogen-bond acceptors (Lipinski definition) is 5. The van der Waals surface area contributed by atoms with E-state index in [4.69, 9.17) is 5.73 Å². The third kappa shape index (κ3) is 6.42. The van der Waals surface area contributed by atoms with Gasteiger partial charge in [-0.05, 0) is 47.4 Å². The number of benzene rings is 3. The number of nitrogens with two attached hydrogens (primary N) is 1. The average molecular weight is 688 g/mol. The zero-order valence-electron chi connectivity index (χ0n) is 23.1. The Labute approximate surface area is 256 Å². The summed E-state index contributed by atoms with van der Waals surface area (Å²) in [6.45, 7) is 0. The highest BCUT2D eigenvalue weighted by Crippen LogP contribution is 2.56. The van der Waals surface area contributed by atoms with Crippen molar-refractivity contribution in [2.45, 2.75) is 48.4 Å². The van der Waals surface area contributed by atoms with E-state index in [2.05, 4.69) is 14.7 Å². The summed E-state index contributed by atoms with van der Waals surface area (Å²) < 4.78 is 173. The summed E-state index contributed by atoms with van der Waals surface area (Å²) in [7, 11) is 0. The number of oxime groups is 1. The molecular weight excluding hydrogens is 668 g/mol. The topological polar surface area (TPSA) is 94.1 Å². The minimum atomic E-state index is -6.62. The average Bonchev–Trinajstić information content (AvgIpc) is 3.41. The van der Waals surface area contributed by atoms with Crippen LogP contribution in [0, 0.1) is 17.6 Å². The number of primary amides is 1. The lowest BCUT2D eigenvalue weighted by molar-refractivity contribution is -0.397. The molecule has 3 aromatic carbocycles. The van der Waals surface area contributed by atoms with Crippen LogP contribution in [0.5, 0.6) is 5.75 Å². The van der Waals surface area contributed by atoms with E-state index in [0.717, 1.165) is 12.1 Å². The van der Waals surface area contributed by atoms with E-state index >= 15 is 4.39 Å². The van der Waals surface area contributed by atoms with Gasteiger partial charge < -0.3 is 20.4 Å². The van der Waals surface area contributed by atoms with Crippen molar-refractivity contribution in [1.82, 2.24) is 0 Å². The van der Waals surface area contributed by atoms with Gasteiger partial charge in [0.05, 0.1) is 5.92 Å². The van der Waals surface area contributed by atoms with Gasteiger partial charge in [-0.2, -0.15) is 43.9 Å². The Morgan fingerprint density at radius 3 is 1.94 bits per heavy atom. The molecule has 0 saturated heterocycles. The van der Waals surface area contributed by atoms with Crippen molar-refractivity contribution in [2.24, 2.45) is 16.8 Å². The molecule has 4 rings (SSSR count). The van der Waals surface area contributed by atoms with Crippen molar-refractivity contribution in [1.29, 1.82) is 0 Å². The molecule has 1 aliphatic heterocycles. The van der Waals surface area contributed by atoms with Gasteiger partial charge in [0.2, 0.25) is 0 Å². The van der Waals surface area contributed by atoms with Crippen LogP contribution < -0.4 is 10.5 Å². The summed E-state index contributed by atoms with van der Waals surface area (Å²) >= 11 is 0. The minimum absolute atomic E-state index is 0.0125. The molecule has 0 fully saturated rings. The Hall–Kier alpha value is -4.48. The third-order valence-corrected chi connectivity index (χ3v) is 7.50. The van der Waals surface area contributed by atoms with Crippen LogP contribution in [0.3, 0.4) is 0 Å². The molecule has 3 atom stereocenters. The number of hydrogen-bond donors (Lipinski definition) is 2. The van der Waals surface area contributed by atoms with Gasteiger partial charge in [-0.15, -0.1) is 0 Å². The Morgan fingerprint density at radius 1 is 0.851 bits per heavy atom. The quantitative estimate of drug-likeness (QED) is 0.240. The minimum Gasteiger partial charge on any atom is -0.428 e. The SMILES string of the molecule is NC(=O)C1=NOC(C(O)(C(F)(F)F)C(F)(F)F)C1[C@](Cc1ccccc1)(c1ccc(F)cc1)c1cc(F)cc(OC(F)(F)C(F)F)c1. The Kier molecular flexibility index (Phi) is 9.24. The monoisotopic (exact) mass is 688 g/mol. The number of carbonyl (C=O) groups excluding carboxylic acids is 1. The van der Waals surface area contributed by atoms with E-state index in [0.29, 0.717) is 24.3 Å². The zero-order chi connectivity index (χ0) is 35.2. The van der Waals surface area contributed by atoms with E-state index < -0.39 is 94.5 Å². The molecule has 18 heteroatoms. The molecule has 0 bridgehead atoms. The highest BCUT2D eigenvalue weighted by atomic mass is 19.4. The van der Waals surface area contributed by atoms with Gasteiger partial charge in [-0.1, -0.05) is 47.6 Å². The smallest absolute Gasteiger partial charge is 0.428 e. The fourth-order valence-corrected chi connectivity index (χ4v) is 5.45. The zero-order valence-corrected chi connectivity index (χ0v) is 23.1. The lowest BCUT2D eigenvalue weighted by Gasteiger charge is -2.46. The van der Waals surface area contributed by atoms with Gasteiger partial charge in [0.15, 0.2) is 11.8 Å². The largest absolute Gasteiger partial charge is 0.461 e. The van der Waals surface area contributed by atoms with Crippen molar-refractivity contribution in [2.75, 3.05) is 0 Å². The molecule has 254 valence electrons. The first-order valence-electron chi connectivity index (χ1n) is 13.0. The van der Waals surface area contributed by atoms with Crippen molar-refractivity contribution in [3.8, 4) is 5.75 Å². The highest BCUT2D eigenvalue weighted by Gasteiger charge is 2.79. The van der Waals surface area contributed by atoms with Crippen LogP contribution in [0.15, 0.2) is 78.0 Å². The Morgan fingerprint density at radius 2 is 1.43 bits per heavy atom. The van der Waals surface area contributed by atoms with Gasteiger partial charge in [-0.25, -0.2) is 8.78 Å². The summed E-state index contributed by atoms with van der Waals surface area (Å²) in [5, 5.41) is 13.6. The van der Waals surface area contributed by atoms with Crippen LogP contribution in [0.1, 0.15) is 16.7 Å². The van der Waals surface area contributed by atoms with Gasteiger partial charge >= 0.3 is 24.9 Å². The number of halogens is 12. The first-order chi connectivity index (χ1) is 21.6. The summed E-state index contributed by atoms with van der Waals surface area (Å²) in [6.07, 6.45) is -27.5. The van der Waals surface area contributed by atoms with Gasteiger partial charge in [0, 0.05) is 11.5 Å².